The van der Waals surface area contributed by atoms with Gasteiger partial charge in [-0.1, -0.05) is 0 Å². The Morgan fingerprint density at radius 1 is 1.04 bits per heavy atom. The molecule has 120 valence electrons. The van der Waals surface area contributed by atoms with Crippen molar-refractivity contribution in [2.24, 2.45) is 0 Å². The highest BCUT2D eigenvalue weighted by Gasteiger charge is 2.35. The molecule has 0 saturated carbocycles. The van der Waals surface area contributed by atoms with Gasteiger partial charge in [-0.15, -0.1) is 0 Å². The van der Waals surface area contributed by atoms with E-state index in [-0.39, 0.29) is 11.5 Å². The predicted octanol–water partition coefficient (Wildman–Crippen LogP) is 2.83. The third-order valence-electron chi connectivity index (χ3n) is 3.22. The van der Waals surface area contributed by atoms with Gasteiger partial charge in [-0.05, 0) is 24.3 Å². The van der Waals surface area contributed by atoms with E-state index >= 15 is 0 Å². The molecule has 0 aliphatic heterocycles. The molecule has 0 N–H and O–H groups in total. The van der Waals surface area contributed by atoms with Crippen molar-refractivity contribution in [3.63, 3.8) is 0 Å². The third kappa shape index (κ3) is 2.65. The number of hydrogen-bond acceptors (Lipinski definition) is 5. The molecule has 23 heavy (non-hydrogen) atoms. The number of fused-ring (bicyclic) bond motifs is 1. The van der Waals surface area contributed by atoms with Crippen molar-refractivity contribution in [1.82, 2.24) is 19.6 Å². The number of halogens is 3. The summed E-state index contributed by atoms with van der Waals surface area (Å²) in [5.74, 6) is 0.724. The second-order valence-corrected chi connectivity index (χ2v) is 4.57. The number of rotatable bonds is 3. The monoisotopic (exact) mass is 324 g/mol. The molecule has 0 fully saturated rings. The maximum absolute atomic E-state index is 13.2. The Kier molecular flexibility index (Phi) is 3.55. The molecule has 0 aliphatic rings. The lowest BCUT2D eigenvalue weighted by molar-refractivity contribution is -0.142. The van der Waals surface area contributed by atoms with Crippen molar-refractivity contribution in [3.8, 4) is 22.8 Å². The van der Waals surface area contributed by atoms with Gasteiger partial charge in [0.15, 0.2) is 17.2 Å². The Balaban J connectivity index is 2.20. The van der Waals surface area contributed by atoms with Crippen LogP contribution in [0.4, 0.5) is 13.2 Å². The van der Waals surface area contributed by atoms with Crippen LogP contribution in [0.25, 0.3) is 17.0 Å². The zero-order valence-electron chi connectivity index (χ0n) is 12.1. The molecule has 0 aliphatic carbocycles. The minimum Gasteiger partial charge on any atom is -0.493 e. The minimum absolute atomic E-state index is 0.110. The minimum atomic E-state index is -4.58. The topological polar surface area (TPSA) is 61.5 Å². The molecule has 0 unspecified atom stereocenters. The van der Waals surface area contributed by atoms with E-state index in [0.717, 1.165) is 12.4 Å². The number of aromatic nitrogens is 4. The molecule has 0 amide bonds. The molecule has 0 spiro atoms. The van der Waals surface area contributed by atoms with Crippen LogP contribution in [0.3, 0.4) is 0 Å². The quantitative estimate of drug-likeness (QED) is 0.741. The molecule has 0 saturated heterocycles. The molecule has 2 aromatic heterocycles. The molecule has 9 heteroatoms. The first-order valence-corrected chi connectivity index (χ1v) is 6.44. The Morgan fingerprint density at radius 2 is 1.78 bits per heavy atom. The SMILES string of the molecule is COc1ccc(-c2cc(C(F)(F)F)n3ncnc3n2)cc1OC. The maximum Gasteiger partial charge on any atom is 0.433 e. The number of nitrogens with zero attached hydrogens (tertiary/aromatic N) is 4. The highest BCUT2D eigenvalue weighted by atomic mass is 19.4. The Hall–Kier alpha value is -2.84. The van der Waals surface area contributed by atoms with Crippen LogP contribution in [-0.2, 0) is 6.18 Å². The van der Waals surface area contributed by atoms with Gasteiger partial charge in [0.25, 0.3) is 5.78 Å². The summed E-state index contributed by atoms with van der Waals surface area (Å²) in [6, 6.07) is 5.66. The lowest BCUT2D eigenvalue weighted by Crippen LogP contribution is -2.13. The Labute approximate surface area is 128 Å². The van der Waals surface area contributed by atoms with Gasteiger partial charge in [0.1, 0.15) is 6.33 Å². The standard InChI is InChI=1S/C14H11F3N4O2/c1-22-10-4-3-8(5-11(10)23-2)9-6-12(14(15,16)17)21-13(20-9)18-7-19-21/h3-7H,1-2H3. The first-order chi connectivity index (χ1) is 10.9. The Bertz CT molecular complexity index is 861. The van der Waals surface area contributed by atoms with E-state index in [1.54, 1.807) is 18.2 Å². The van der Waals surface area contributed by atoms with Crippen molar-refractivity contribution in [2.75, 3.05) is 14.2 Å². The van der Waals surface area contributed by atoms with Crippen LogP contribution in [-0.4, -0.2) is 33.8 Å². The van der Waals surface area contributed by atoms with Gasteiger partial charge in [0, 0.05) is 5.56 Å². The summed E-state index contributed by atoms with van der Waals surface area (Å²) in [7, 11) is 2.91. The number of ether oxygens (including phenoxy) is 2. The van der Waals surface area contributed by atoms with E-state index in [0.29, 0.717) is 21.6 Å². The van der Waals surface area contributed by atoms with E-state index in [1.807, 2.05) is 0 Å². The lowest BCUT2D eigenvalue weighted by Gasteiger charge is -2.12. The van der Waals surface area contributed by atoms with Gasteiger partial charge >= 0.3 is 6.18 Å². The highest BCUT2D eigenvalue weighted by Crippen LogP contribution is 2.34. The van der Waals surface area contributed by atoms with E-state index in [4.69, 9.17) is 9.47 Å². The molecular weight excluding hydrogens is 313 g/mol. The average Bonchev–Trinajstić information content (AvgIpc) is 3.00. The normalized spacial score (nSPS) is 11.7. The maximum atomic E-state index is 13.2. The number of alkyl halides is 3. The van der Waals surface area contributed by atoms with Gasteiger partial charge in [-0.3, -0.25) is 0 Å². The lowest BCUT2D eigenvalue weighted by atomic mass is 10.1. The molecule has 0 bridgehead atoms. The first-order valence-electron chi connectivity index (χ1n) is 6.44. The van der Waals surface area contributed by atoms with Crippen LogP contribution in [0.2, 0.25) is 0 Å². The first kappa shape index (κ1) is 15.1. The number of benzene rings is 1. The van der Waals surface area contributed by atoms with Crippen LogP contribution in [0.1, 0.15) is 5.69 Å². The molecule has 2 heterocycles. The van der Waals surface area contributed by atoms with Gasteiger partial charge in [-0.25, -0.2) is 4.98 Å². The number of methoxy groups -OCH3 is 2. The van der Waals surface area contributed by atoms with E-state index in [1.165, 1.54) is 14.2 Å². The molecular formula is C14H11F3N4O2. The van der Waals surface area contributed by atoms with E-state index in [2.05, 4.69) is 15.1 Å². The summed E-state index contributed by atoms with van der Waals surface area (Å²) >= 11 is 0. The molecule has 3 aromatic rings. The van der Waals surface area contributed by atoms with Crippen molar-refractivity contribution in [1.29, 1.82) is 0 Å². The van der Waals surface area contributed by atoms with Gasteiger partial charge < -0.3 is 9.47 Å². The Morgan fingerprint density at radius 3 is 2.43 bits per heavy atom. The van der Waals surface area contributed by atoms with Gasteiger partial charge in [0.05, 0.1) is 19.9 Å². The van der Waals surface area contributed by atoms with Crippen LogP contribution in [0, 0.1) is 0 Å². The van der Waals surface area contributed by atoms with Crippen LogP contribution in [0.15, 0.2) is 30.6 Å². The zero-order valence-corrected chi connectivity index (χ0v) is 12.1. The zero-order chi connectivity index (χ0) is 16.6. The molecule has 0 radical (unpaired) electrons. The predicted molar refractivity (Wildman–Crippen MR) is 74.3 cm³/mol. The number of hydrogen-bond donors (Lipinski definition) is 0. The van der Waals surface area contributed by atoms with Crippen molar-refractivity contribution in [2.45, 2.75) is 6.18 Å². The van der Waals surface area contributed by atoms with Crippen molar-refractivity contribution in [3.05, 3.63) is 36.3 Å². The van der Waals surface area contributed by atoms with Crippen molar-refractivity contribution >= 4 is 5.78 Å². The third-order valence-corrected chi connectivity index (χ3v) is 3.22. The summed E-state index contributed by atoms with van der Waals surface area (Å²) in [4.78, 5) is 7.84. The summed E-state index contributed by atoms with van der Waals surface area (Å²) in [6.07, 6.45) is -3.56. The average molecular weight is 324 g/mol. The molecule has 1 aromatic carbocycles. The second-order valence-electron chi connectivity index (χ2n) is 4.57. The van der Waals surface area contributed by atoms with Crippen LogP contribution >= 0.6 is 0 Å². The summed E-state index contributed by atoms with van der Waals surface area (Å²) in [5.41, 5.74) is -0.401. The van der Waals surface area contributed by atoms with Crippen molar-refractivity contribution < 1.29 is 22.6 Å². The molecule has 0 atom stereocenters. The summed E-state index contributed by atoms with van der Waals surface area (Å²) < 4.78 is 50.5. The smallest absolute Gasteiger partial charge is 0.433 e. The van der Waals surface area contributed by atoms with Gasteiger partial charge in [0.2, 0.25) is 0 Å². The fourth-order valence-electron chi connectivity index (χ4n) is 2.16. The summed E-state index contributed by atoms with van der Waals surface area (Å²) in [5, 5.41) is 3.56. The van der Waals surface area contributed by atoms with E-state index < -0.39 is 11.9 Å². The highest BCUT2D eigenvalue weighted by molar-refractivity contribution is 5.65. The van der Waals surface area contributed by atoms with Crippen LogP contribution in [0.5, 0.6) is 11.5 Å². The van der Waals surface area contributed by atoms with Crippen LogP contribution < -0.4 is 9.47 Å². The van der Waals surface area contributed by atoms with Gasteiger partial charge in [-0.2, -0.15) is 27.8 Å². The molecule has 6 nitrogen and oxygen atoms in total. The second kappa shape index (κ2) is 5.41. The summed E-state index contributed by atoms with van der Waals surface area (Å²) in [6.45, 7) is 0. The van der Waals surface area contributed by atoms with E-state index in [9.17, 15) is 13.2 Å². The fourth-order valence-corrected chi connectivity index (χ4v) is 2.16. The fraction of sp³-hybridized carbons (Fsp3) is 0.214. The largest absolute Gasteiger partial charge is 0.493 e. The molecule has 3 rings (SSSR count).